The fraction of sp³-hybridized carbons (Fsp3) is 0.472. The Hall–Kier alpha value is -4.53. The van der Waals surface area contributed by atoms with Crippen molar-refractivity contribution in [3.63, 3.8) is 0 Å². The van der Waals surface area contributed by atoms with Gasteiger partial charge in [-0.15, -0.1) is 5.06 Å². The molecule has 71 heavy (non-hydrogen) atoms. The summed E-state index contributed by atoms with van der Waals surface area (Å²) in [6, 6.07) is 18.7. The summed E-state index contributed by atoms with van der Waals surface area (Å²) in [4.78, 5) is 43.6. The molecule has 0 saturated carbocycles. The Bertz CT molecular complexity index is 2650. The van der Waals surface area contributed by atoms with Gasteiger partial charge in [-0.3, -0.25) is 9.59 Å². The first-order valence-electron chi connectivity index (χ1n) is 23.9. The van der Waals surface area contributed by atoms with Crippen molar-refractivity contribution in [3.05, 3.63) is 101 Å². The Balaban J connectivity index is 0.00000825. The molecule has 4 aliphatic rings. The standard InChI is InChI=1S/C53H65N3O13S.Na/c1-37-36-52(2,3)55(21-22-64-25-26-66-29-30-67-28-27-65-24-23-63-6)45-35-47-42(34-41(37)45)39(31-46(68-47)38-13-9-7-10-14-38)32-48-53(4,5)43-33-40(70(60,61)62)16-17-44(43)54(48)20-12-8-11-15-51(59)69-56-49(57)18-19-50(56)58;/h7,9-10,13-14,16-17,31-36H,8,11-12,15,18-30H2,1-6H3;/q;+1. The molecule has 18 heteroatoms. The van der Waals surface area contributed by atoms with Crippen molar-refractivity contribution in [2.45, 2.75) is 89.0 Å². The van der Waals surface area contributed by atoms with Gasteiger partial charge < -0.3 is 42.7 Å². The maximum atomic E-state index is 12.6. The fourth-order valence-electron chi connectivity index (χ4n) is 9.29. The van der Waals surface area contributed by atoms with Gasteiger partial charge in [0.05, 0.1) is 75.3 Å². The second-order valence-electron chi connectivity index (χ2n) is 18.7. The maximum absolute atomic E-state index is 12.6. The largest absolute Gasteiger partial charge is 1.00 e. The molecule has 0 unspecified atom stereocenters. The van der Waals surface area contributed by atoms with Crippen LogP contribution in [-0.4, -0.2) is 131 Å². The Labute approximate surface area is 439 Å². The summed E-state index contributed by atoms with van der Waals surface area (Å²) >= 11 is 0. The van der Waals surface area contributed by atoms with Crippen molar-refractivity contribution in [3.8, 4) is 5.75 Å². The van der Waals surface area contributed by atoms with Gasteiger partial charge in [0.2, 0.25) is 5.69 Å². The minimum atomic E-state index is -4.75. The van der Waals surface area contributed by atoms with E-state index in [1.165, 1.54) is 12.1 Å². The molecular weight excluding hydrogens is 942 g/mol. The summed E-state index contributed by atoms with van der Waals surface area (Å²) in [5.41, 5.74) is 7.05. The first-order valence-corrected chi connectivity index (χ1v) is 25.3. The van der Waals surface area contributed by atoms with Crippen molar-refractivity contribution in [1.29, 1.82) is 0 Å². The predicted molar refractivity (Wildman–Crippen MR) is 263 cm³/mol. The number of imide groups is 1. The van der Waals surface area contributed by atoms with E-state index in [2.05, 4.69) is 54.5 Å². The number of hydroxylamine groups is 2. The zero-order valence-corrected chi connectivity index (χ0v) is 44.9. The van der Waals surface area contributed by atoms with E-state index in [-0.39, 0.29) is 59.3 Å². The smallest absolute Gasteiger partial charge is 0.744 e. The third-order valence-electron chi connectivity index (χ3n) is 12.9. The predicted octanol–water partition coefficient (Wildman–Crippen LogP) is 4.37. The molecule has 0 aliphatic carbocycles. The van der Waals surface area contributed by atoms with E-state index in [9.17, 15) is 27.4 Å². The zero-order valence-electron chi connectivity index (χ0n) is 42.1. The van der Waals surface area contributed by atoms with Gasteiger partial charge in [0.1, 0.15) is 28.2 Å². The van der Waals surface area contributed by atoms with Crippen LogP contribution in [0.2, 0.25) is 0 Å². The molecule has 0 atom stereocenters. The van der Waals surface area contributed by atoms with Crippen molar-refractivity contribution < 1.29 is 94.7 Å². The van der Waals surface area contributed by atoms with Gasteiger partial charge >= 0.3 is 35.5 Å². The summed E-state index contributed by atoms with van der Waals surface area (Å²) < 4.78 is 73.8. The molecule has 4 aliphatic heterocycles. The van der Waals surface area contributed by atoms with Crippen molar-refractivity contribution in [2.75, 3.05) is 84.6 Å². The fourth-order valence-corrected chi connectivity index (χ4v) is 9.79. The average molecular weight is 1010 g/mol. The molecule has 0 spiro atoms. The van der Waals surface area contributed by atoms with Gasteiger partial charge in [0.15, 0.2) is 5.71 Å². The number of amides is 2. The molecule has 3 aromatic carbocycles. The van der Waals surface area contributed by atoms with E-state index >= 15 is 0 Å². The van der Waals surface area contributed by atoms with Gasteiger partial charge in [-0.2, -0.15) is 4.58 Å². The van der Waals surface area contributed by atoms with Crippen LogP contribution in [0.1, 0.15) is 95.4 Å². The van der Waals surface area contributed by atoms with Gasteiger partial charge in [-0.05, 0) is 82.9 Å². The van der Waals surface area contributed by atoms with Crippen LogP contribution in [-0.2, 0) is 58.4 Å². The number of nitrogens with zero attached hydrogens (tertiary/aromatic N) is 3. The van der Waals surface area contributed by atoms with E-state index in [0.717, 1.165) is 44.9 Å². The normalized spacial score (nSPS) is 17.4. The Kier molecular flexibility index (Phi) is 19.6. The summed E-state index contributed by atoms with van der Waals surface area (Å²) in [6.45, 7) is 16.0. The molecule has 16 nitrogen and oxygen atoms in total. The van der Waals surface area contributed by atoms with E-state index < -0.39 is 33.3 Å². The van der Waals surface area contributed by atoms with Crippen LogP contribution in [0, 0.1) is 0 Å². The molecule has 376 valence electrons. The molecule has 0 N–H and O–H groups in total. The quantitative estimate of drug-likeness (QED) is 0.0384. The molecule has 7 rings (SSSR count). The molecule has 0 bridgehead atoms. The first kappa shape index (κ1) is 55.8. The topological polar surface area (TPSA) is 183 Å². The third kappa shape index (κ3) is 13.8. The molecule has 1 saturated heterocycles. The Morgan fingerprint density at radius 1 is 0.817 bits per heavy atom. The van der Waals surface area contributed by atoms with Gasteiger partial charge in [-0.25, -0.2) is 13.2 Å². The van der Waals surface area contributed by atoms with E-state index in [1.807, 2.05) is 50.3 Å². The third-order valence-corrected chi connectivity index (χ3v) is 13.7. The van der Waals surface area contributed by atoms with Crippen LogP contribution in [0.25, 0.3) is 16.9 Å². The van der Waals surface area contributed by atoms with Crippen molar-refractivity contribution >= 4 is 61.9 Å². The zero-order chi connectivity index (χ0) is 50.1. The number of carbonyl (C=O) groups is 3. The average Bonchev–Trinajstić information content (AvgIpc) is 3.74. The molecule has 0 aromatic heterocycles. The van der Waals surface area contributed by atoms with Crippen molar-refractivity contribution in [2.24, 2.45) is 0 Å². The van der Waals surface area contributed by atoms with Gasteiger partial charge in [0, 0.05) is 85.5 Å². The molecule has 4 heterocycles. The molecule has 1 fully saturated rings. The minimum Gasteiger partial charge on any atom is -0.744 e. The van der Waals surface area contributed by atoms with Crippen LogP contribution in [0.5, 0.6) is 5.75 Å². The summed E-state index contributed by atoms with van der Waals surface area (Å²) in [7, 11) is -3.11. The van der Waals surface area contributed by atoms with Crippen LogP contribution >= 0.6 is 0 Å². The minimum absolute atomic E-state index is 0. The number of hydrogen-bond donors (Lipinski definition) is 0. The molecule has 3 aromatic rings. The number of hydrogen-bond acceptors (Lipinski definition) is 14. The monoisotopic (exact) mass is 1010 g/mol. The molecular formula is C53H65N3NaO13S+. The maximum Gasteiger partial charge on any atom is 1.00 e. The number of anilines is 1. The number of allylic oxidation sites excluding steroid dienone is 4. The SMILES string of the molecule is COCCOCCOCCOCCOCCN1c2cc3c(cc2C(C)=CC1(C)C)C(=CC1=[N+](CCCCCC(=O)ON2C(=O)CCC2=O)c2ccc(S(=O)(=O)[O-])cc2C1(C)C)C=C(c1ccccc1)O3.[Na+]. The number of carbonyl (C=O) groups excluding carboxylic acids is 3. The van der Waals surface area contributed by atoms with Gasteiger partial charge in [-0.1, -0.05) is 36.4 Å². The number of benzene rings is 3. The number of rotatable bonds is 25. The van der Waals surface area contributed by atoms with Crippen LogP contribution in [0.3, 0.4) is 0 Å². The Morgan fingerprint density at radius 2 is 1.45 bits per heavy atom. The van der Waals surface area contributed by atoms with Crippen LogP contribution < -0.4 is 39.2 Å². The number of unbranched alkanes of at least 4 members (excludes halogenated alkanes) is 2. The molecule has 0 radical (unpaired) electrons. The number of ether oxygens (including phenoxy) is 6. The van der Waals surface area contributed by atoms with E-state index in [0.29, 0.717) is 114 Å². The second kappa shape index (κ2) is 24.9. The first-order chi connectivity index (χ1) is 33.5. The number of fused-ring (bicyclic) bond motifs is 3. The van der Waals surface area contributed by atoms with Crippen LogP contribution in [0.4, 0.5) is 11.4 Å². The van der Waals surface area contributed by atoms with E-state index in [4.69, 9.17) is 33.3 Å². The summed E-state index contributed by atoms with van der Waals surface area (Å²) in [5, 5.41) is 0.562. The van der Waals surface area contributed by atoms with Crippen molar-refractivity contribution in [1.82, 2.24) is 5.06 Å². The summed E-state index contributed by atoms with van der Waals surface area (Å²) in [5.74, 6) is -0.375. The second-order valence-corrected chi connectivity index (χ2v) is 20.0. The summed E-state index contributed by atoms with van der Waals surface area (Å²) in [6.07, 6.45) is 8.20. The molecule has 2 amide bonds. The number of methoxy groups -OCH3 is 1. The van der Waals surface area contributed by atoms with Gasteiger partial charge in [0.25, 0.3) is 11.8 Å². The van der Waals surface area contributed by atoms with Crippen LogP contribution in [0.15, 0.2) is 83.8 Å². The Morgan fingerprint density at radius 3 is 2.08 bits per heavy atom. The van der Waals surface area contributed by atoms with E-state index in [1.54, 1.807) is 13.2 Å².